The summed E-state index contributed by atoms with van der Waals surface area (Å²) in [5.41, 5.74) is 1.70. The fourth-order valence-electron chi connectivity index (χ4n) is 1.78. The van der Waals surface area contributed by atoms with E-state index in [9.17, 15) is 4.79 Å². The van der Waals surface area contributed by atoms with Crippen molar-refractivity contribution in [3.8, 4) is 0 Å². The summed E-state index contributed by atoms with van der Waals surface area (Å²) in [7, 11) is 1.76. The summed E-state index contributed by atoms with van der Waals surface area (Å²) >= 11 is 11.8. The summed E-state index contributed by atoms with van der Waals surface area (Å²) in [5, 5.41) is 0.953. The number of hydrogen-bond donors (Lipinski definition) is 0. The Labute approximate surface area is 128 Å². The number of hydrogen-bond acceptors (Lipinski definition) is 2. The maximum Gasteiger partial charge on any atom is 0.227 e. The lowest BCUT2D eigenvalue weighted by atomic mass is 10.1. The second-order valence-electron chi connectivity index (χ2n) is 4.50. The third kappa shape index (κ3) is 3.95. The van der Waals surface area contributed by atoms with Gasteiger partial charge in [-0.05, 0) is 29.8 Å². The predicted octanol–water partition coefficient (Wildman–Crippen LogP) is 3.59. The Morgan fingerprint density at radius 1 is 1.20 bits per heavy atom. The van der Waals surface area contributed by atoms with Gasteiger partial charge in [0.25, 0.3) is 0 Å². The van der Waals surface area contributed by atoms with Crippen LogP contribution in [0.25, 0.3) is 0 Å². The van der Waals surface area contributed by atoms with Gasteiger partial charge in [0.1, 0.15) is 0 Å². The Morgan fingerprint density at radius 3 is 2.65 bits per heavy atom. The molecule has 0 fully saturated rings. The van der Waals surface area contributed by atoms with Crippen molar-refractivity contribution >= 4 is 29.1 Å². The summed E-state index contributed by atoms with van der Waals surface area (Å²) in [6.07, 6.45) is 2.01. The summed E-state index contributed by atoms with van der Waals surface area (Å²) in [6.45, 7) is 0.487. The lowest BCUT2D eigenvalue weighted by Gasteiger charge is -2.16. The van der Waals surface area contributed by atoms with Gasteiger partial charge in [0.05, 0.1) is 28.7 Å². The molecule has 1 aromatic heterocycles. The largest absolute Gasteiger partial charge is 0.340 e. The van der Waals surface area contributed by atoms with E-state index >= 15 is 0 Å². The molecule has 0 unspecified atom stereocenters. The van der Waals surface area contributed by atoms with Crippen molar-refractivity contribution in [1.82, 2.24) is 9.88 Å². The van der Waals surface area contributed by atoms with Crippen LogP contribution in [0.2, 0.25) is 10.0 Å². The van der Waals surface area contributed by atoms with Crippen molar-refractivity contribution in [1.29, 1.82) is 0 Å². The highest BCUT2D eigenvalue weighted by Gasteiger charge is 2.11. The van der Waals surface area contributed by atoms with E-state index in [1.165, 1.54) is 0 Å². The fraction of sp³-hybridized carbons (Fsp3) is 0.200. The first kappa shape index (κ1) is 14.8. The zero-order valence-electron chi connectivity index (χ0n) is 11.0. The Bertz CT molecular complexity index is 602. The predicted molar refractivity (Wildman–Crippen MR) is 80.9 cm³/mol. The Morgan fingerprint density at radius 2 is 2.00 bits per heavy atom. The van der Waals surface area contributed by atoms with Crippen LogP contribution in [-0.2, 0) is 17.8 Å². The number of pyridine rings is 1. The number of carbonyl (C=O) groups is 1. The quantitative estimate of drug-likeness (QED) is 0.865. The molecule has 0 spiro atoms. The van der Waals surface area contributed by atoms with Crippen LogP contribution in [0.15, 0.2) is 42.6 Å². The van der Waals surface area contributed by atoms with E-state index in [0.29, 0.717) is 23.0 Å². The molecule has 0 radical (unpaired) electrons. The molecule has 0 atom stereocenters. The second kappa shape index (κ2) is 6.73. The maximum atomic E-state index is 12.1. The van der Waals surface area contributed by atoms with Gasteiger partial charge in [-0.2, -0.15) is 0 Å². The molecule has 0 aliphatic rings. The number of rotatable bonds is 4. The van der Waals surface area contributed by atoms with Crippen LogP contribution < -0.4 is 0 Å². The van der Waals surface area contributed by atoms with Crippen LogP contribution in [-0.4, -0.2) is 22.8 Å². The first-order chi connectivity index (χ1) is 9.56. The molecule has 20 heavy (non-hydrogen) atoms. The molecule has 1 aromatic carbocycles. The Hall–Kier alpha value is -1.58. The third-order valence-electron chi connectivity index (χ3n) is 2.89. The van der Waals surface area contributed by atoms with Crippen LogP contribution in [0.5, 0.6) is 0 Å². The normalized spacial score (nSPS) is 10.3. The standard InChI is InChI=1S/C15H14Cl2N2O/c1-19(10-12-4-2-3-7-18-12)15(20)9-11-5-6-13(16)14(17)8-11/h2-8H,9-10H2,1H3. The summed E-state index contributed by atoms with van der Waals surface area (Å²) < 4.78 is 0. The van der Waals surface area contributed by atoms with Gasteiger partial charge in [-0.3, -0.25) is 9.78 Å². The number of benzene rings is 1. The topological polar surface area (TPSA) is 33.2 Å². The molecular weight excluding hydrogens is 295 g/mol. The van der Waals surface area contributed by atoms with Crippen LogP contribution in [0.1, 0.15) is 11.3 Å². The SMILES string of the molecule is CN(Cc1ccccn1)C(=O)Cc1ccc(Cl)c(Cl)c1. The van der Waals surface area contributed by atoms with Crippen LogP contribution in [0, 0.1) is 0 Å². The number of nitrogens with zero attached hydrogens (tertiary/aromatic N) is 2. The number of aromatic nitrogens is 1. The van der Waals surface area contributed by atoms with Gasteiger partial charge in [-0.1, -0.05) is 35.3 Å². The zero-order valence-corrected chi connectivity index (χ0v) is 12.5. The summed E-state index contributed by atoms with van der Waals surface area (Å²) in [6, 6.07) is 10.9. The van der Waals surface area contributed by atoms with E-state index in [-0.39, 0.29) is 5.91 Å². The molecule has 0 saturated heterocycles. The minimum Gasteiger partial charge on any atom is -0.340 e. The molecule has 0 aliphatic carbocycles. The first-order valence-electron chi connectivity index (χ1n) is 6.14. The fourth-order valence-corrected chi connectivity index (χ4v) is 2.10. The lowest BCUT2D eigenvalue weighted by Crippen LogP contribution is -2.28. The average molecular weight is 309 g/mol. The molecule has 0 N–H and O–H groups in total. The van der Waals surface area contributed by atoms with Crippen molar-refractivity contribution in [2.24, 2.45) is 0 Å². The van der Waals surface area contributed by atoms with Gasteiger partial charge >= 0.3 is 0 Å². The highest BCUT2D eigenvalue weighted by molar-refractivity contribution is 6.42. The van der Waals surface area contributed by atoms with Gasteiger partial charge in [-0.15, -0.1) is 0 Å². The van der Waals surface area contributed by atoms with Crippen molar-refractivity contribution in [3.63, 3.8) is 0 Å². The zero-order chi connectivity index (χ0) is 14.5. The minimum atomic E-state index is 0.00837. The number of halogens is 2. The molecule has 1 amide bonds. The highest BCUT2D eigenvalue weighted by atomic mass is 35.5. The molecule has 0 aliphatic heterocycles. The molecule has 0 saturated carbocycles. The van der Waals surface area contributed by atoms with Crippen LogP contribution in [0.4, 0.5) is 0 Å². The van der Waals surface area contributed by atoms with E-state index in [1.54, 1.807) is 36.3 Å². The van der Waals surface area contributed by atoms with Crippen molar-refractivity contribution in [2.45, 2.75) is 13.0 Å². The number of amides is 1. The molecule has 1 heterocycles. The molecule has 2 aromatic rings. The van der Waals surface area contributed by atoms with Gasteiger partial charge in [0.15, 0.2) is 0 Å². The van der Waals surface area contributed by atoms with Gasteiger partial charge in [0.2, 0.25) is 5.91 Å². The molecule has 5 heteroatoms. The van der Waals surface area contributed by atoms with Gasteiger partial charge in [-0.25, -0.2) is 0 Å². The van der Waals surface area contributed by atoms with Crippen LogP contribution >= 0.6 is 23.2 Å². The highest BCUT2D eigenvalue weighted by Crippen LogP contribution is 2.23. The van der Waals surface area contributed by atoms with Crippen molar-refractivity contribution in [2.75, 3.05) is 7.05 Å². The minimum absolute atomic E-state index is 0.00837. The average Bonchev–Trinajstić information content (AvgIpc) is 2.44. The summed E-state index contributed by atoms with van der Waals surface area (Å²) in [4.78, 5) is 18.0. The molecular formula is C15H14Cl2N2O. The maximum absolute atomic E-state index is 12.1. The van der Waals surface area contributed by atoms with E-state index in [1.807, 2.05) is 18.2 Å². The monoisotopic (exact) mass is 308 g/mol. The molecule has 3 nitrogen and oxygen atoms in total. The van der Waals surface area contributed by atoms with E-state index in [2.05, 4.69) is 4.98 Å². The number of likely N-dealkylation sites (N-methyl/N-ethyl adjacent to an activating group) is 1. The van der Waals surface area contributed by atoms with E-state index in [4.69, 9.17) is 23.2 Å². The second-order valence-corrected chi connectivity index (χ2v) is 5.31. The van der Waals surface area contributed by atoms with Crippen LogP contribution in [0.3, 0.4) is 0 Å². The smallest absolute Gasteiger partial charge is 0.227 e. The van der Waals surface area contributed by atoms with Crippen molar-refractivity contribution < 1.29 is 4.79 Å². The van der Waals surface area contributed by atoms with Gasteiger partial charge in [0, 0.05) is 13.2 Å². The first-order valence-corrected chi connectivity index (χ1v) is 6.89. The van der Waals surface area contributed by atoms with E-state index < -0.39 is 0 Å². The molecule has 2 rings (SSSR count). The lowest BCUT2D eigenvalue weighted by molar-refractivity contribution is -0.129. The Kier molecular flexibility index (Phi) is 4.99. The van der Waals surface area contributed by atoms with E-state index in [0.717, 1.165) is 11.3 Å². The van der Waals surface area contributed by atoms with Crippen molar-refractivity contribution in [3.05, 3.63) is 63.9 Å². The molecule has 0 bridgehead atoms. The van der Waals surface area contributed by atoms with Gasteiger partial charge < -0.3 is 4.90 Å². The Balaban J connectivity index is 1.99. The summed E-state index contributed by atoms with van der Waals surface area (Å²) in [5.74, 6) is 0.00837. The molecule has 104 valence electrons. The number of carbonyl (C=O) groups excluding carboxylic acids is 1. The third-order valence-corrected chi connectivity index (χ3v) is 3.63.